The first-order valence-corrected chi connectivity index (χ1v) is 34.9. The average molecular weight is 1190 g/mol. The van der Waals surface area contributed by atoms with Crippen molar-refractivity contribution >= 4 is 23.5 Å². The summed E-state index contributed by atoms with van der Waals surface area (Å²) >= 11 is 0. The van der Waals surface area contributed by atoms with Crippen LogP contribution in [0.5, 0.6) is 34.5 Å². The Labute approximate surface area is 520 Å². The minimum absolute atomic E-state index is 0.120. The largest absolute Gasteiger partial charge is 0.490 e. The van der Waals surface area contributed by atoms with Gasteiger partial charge < -0.3 is 28.4 Å². The Bertz CT molecular complexity index is 2360. The van der Waals surface area contributed by atoms with Crippen molar-refractivity contribution in [1.29, 1.82) is 0 Å². The molecule has 0 atom stereocenters. The van der Waals surface area contributed by atoms with Crippen LogP contribution in [0.4, 0.5) is 0 Å². The summed E-state index contributed by atoms with van der Waals surface area (Å²) in [5.74, 6) is 0.377. The van der Waals surface area contributed by atoms with Gasteiger partial charge in [-0.05, 0) is 98.5 Å². The Morgan fingerprint density at radius 1 is 0.267 bits per heavy atom. The fourth-order valence-corrected chi connectivity index (χ4v) is 11.4. The zero-order valence-corrected chi connectivity index (χ0v) is 54.1. The van der Waals surface area contributed by atoms with Gasteiger partial charge in [0.2, 0.25) is 0 Å². The highest BCUT2D eigenvalue weighted by Gasteiger charge is 2.31. The highest BCUT2D eigenvalue weighted by molar-refractivity contribution is 6.28. The van der Waals surface area contributed by atoms with E-state index in [1.807, 2.05) is 0 Å². The second-order valence-corrected chi connectivity index (χ2v) is 24.3. The number of esters is 2. The molecule has 0 saturated heterocycles. The fourth-order valence-electron chi connectivity index (χ4n) is 11.4. The molecule has 0 amide bonds. The van der Waals surface area contributed by atoms with Crippen molar-refractivity contribution in [2.24, 2.45) is 0 Å². The summed E-state index contributed by atoms with van der Waals surface area (Å²) in [5, 5.41) is 0. The maximum Gasteiger partial charge on any atom is 0.343 e. The molecule has 86 heavy (non-hydrogen) atoms. The lowest BCUT2D eigenvalue weighted by atomic mass is 9.84. The molecule has 5 rings (SSSR count). The van der Waals surface area contributed by atoms with Gasteiger partial charge in [-0.15, -0.1) is 0 Å². The fraction of sp³-hybridized carbons (Fsp3) is 0.632. The Hall–Kier alpha value is -5.64. The van der Waals surface area contributed by atoms with Gasteiger partial charge in [-0.25, -0.2) is 9.59 Å². The quantitative estimate of drug-likeness (QED) is 0.0211. The Balaban J connectivity index is 1.17. The van der Waals surface area contributed by atoms with Crippen LogP contribution in [-0.2, 0) is 0 Å². The number of ketones is 2. The Morgan fingerprint density at radius 2 is 0.512 bits per heavy atom. The summed E-state index contributed by atoms with van der Waals surface area (Å²) in [7, 11) is 0. The second-order valence-electron chi connectivity index (χ2n) is 24.3. The summed E-state index contributed by atoms with van der Waals surface area (Å²) in [5.41, 5.74) is 1.12. The van der Waals surface area contributed by atoms with Crippen molar-refractivity contribution in [3.8, 4) is 34.5 Å². The smallest absolute Gasteiger partial charge is 0.343 e. The second kappa shape index (κ2) is 44.7. The lowest BCUT2D eigenvalue weighted by Gasteiger charge is -2.19. The van der Waals surface area contributed by atoms with Gasteiger partial charge in [-0.1, -0.05) is 259 Å². The third-order valence-corrected chi connectivity index (χ3v) is 16.8. The number of rotatable bonds is 52. The van der Waals surface area contributed by atoms with Gasteiger partial charge in [0.05, 0.1) is 37.6 Å². The SMILES string of the molecule is CCCCCCCCCCCCOc1ccc(C(=O)Oc2ccc3c(c2)C(=O)c2ccc(OC(=O)c4ccc(OCCCCCCCCCCCC)c(OCCCCCCCCCCCC)c4)cc2C3=O)cc1OCCCCCCCCCCCC. The van der Waals surface area contributed by atoms with Crippen LogP contribution < -0.4 is 28.4 Å². The molecule has 0 fully saturated rings. The molecule has 0 radical (unpaired) electrons. The van der Waals surface area contributed by atoms with Crippen LogP contribution in [0.25, 0.3) is 0 Å². The molecule has 10 heteroatoms. The molecule has 0 heterocycles. The monoisotopic (exact) mass is 1180 g/mol. The number of unbranched alkanes of at least 4 members (excludes halogenated alkanes) is 36. The van der Waals surface area contributed by atoms with Crippen molar-refractivity contribution in [3.63, 3.8) is 0 Å². The first-order valence-electron chi connectivity index (χ1n) is 34.9. The predicted molar refractivity (Wildman–Crippen MR) is 352 cm³/mol. The lowest BCUT2D eigenvalue weighted by Crippen LogP contribution is -2.21. The first-order chi connectivity index (χ1) is 42.3. The van der Waals surface area contributed by atoms with E-state index >= 15 is 0 Å². The third kappa shape index (κ3) is 27.6. The molecule has 4 aromatic rings. The molecule has 1 aliphatic rings. The number of hydrogen-bond acceptors (Lipinski definition) is 10. The molecular formula is C76H112O10. The summed E-state index contributed by atoms with van der Waals surface area (Å²) < 4.78 is 36.9. The molecule has 476 valence electrons. The molecule has 0 aromatic heterocycles. The van der Waals surface area contributed by atoms with Gasteiger partial charge in [-0.3, -0.25) is 9.59 Å². The maximum atomic E-state index is 14.1. The third-order valence-electron chi connectivity index (χ3n) is 16.8. The van der Waals surface area contributed by atoms with Crippen LogP contribution in [-0.4, -0.2) is 49.9 Å². The summed E-state index contributed by atoms with van der Waals surface area (Å²) in [6.45, 7) is 11.2. The normalized spacial score (nSPS) is 11.8. The summed E-state index contributed by atoms with van der Waals surface area (Å²) in [6.07, 6.45) is 49.2. The van der Waals surface area contributed by atoms with Gasteiger partial charge in [-0.2, -0.15) is 0 Å². The number of carbonyl (C=O) groups excluding carboxylic acids is 4. The van der Waals surface area contributed by atoms with Gasteiger partial charge in [0.1, 0.15) is 11.5 Å². The van der Waals surface area contributed by atoms with Crippen molar-refractivity contribution in [3.05, 3.63) is 106 Å². The van der Waals surface area contributed by atoms with Crippen LogP contribution in [0.1, 0.15) is 337 Å². The number of hydrogen-bond donors (Lipinski definition) is 0. The molecule has 0 aliphatic heterocycles. The maximum absolute atomic E-state index is 14.1. The van der Waals surface area contributed by atoms with E-state index in [2.05, 4.69) is 27.7 Å². The van der Waals surface area contributed by atoms with Gasteiger partial charge in [0, 0.05) is 22.3 Å². The number of benzene rings is 4. The molecule has 0 N–H and O–H groups in total. The van der Waals surface area contributed by atoms with Gasteiger partial charge in [0.15, 0.2) is 34.6 Å². The van der Waals surface area contributed by atoms with E-state index in [1.165, 1.54) is 242 Å². The van der Waals surface area contributed by atoms with Crippen LogP contribution >= 0.6 is 0 Å². The number of ether oxygens (including phenoxy) is 6. The molecule has 0 spiro atoms. The lowest BCUT2D eigenvalue weighted by molar-refractivity contribution is 0.0724. The minimum Gasteiger partial charge on any atom is -0.490 e. The zero-order chi connectivity index (χ0) is 61.1. The molecule has 0 saturated carbocycles. The molecule has 4 aromatic carbocycles. The van der Waals surface area contributed by atoms with Crippen molar-refractivity contribution < 1.29 is 47.6 Å². The van der Waals surface area contributed by atoms with Crippen LogP contribution in [0.15, 0.2) is 72.8 Å². The number of carbonyl (C=O) groups is 4. The molecule has 0 unspecified atom stereocenters. The van der Waals surface area contributed by atoms with E-state index in [9.17, 15) is 19.2 Å². The van der Waals surface area contributed by atoms with Crippen LogP contribution in [0.3, 0.4) is 0 Å². The molecule has 0 bridgehead atoms. The van der Waals surface area contributed by atoms with Crippen molar-refractivity contribution in [2.45, 2.75) is 285 Å². The Morgan fingerprint density at radius 3 is 0.779 bits per heavy atom. The van der Waals surface area contributed by atoms with Crippen molar-refractivity contribution in [1.82, 2.24) is 0 Å². The standard InChI is InChI=1S/C76H112O10/c1-5-9-13-17-21-25-29-33-37-41-53-81-69-51-45-61(57-71(69)83-55-43-39-35-31-27-23-19-15-11-7-3)75(79)85-63-47-49-65-67(59-63)73(77)66-50-48-64(60-68(66)74(65)78)86-76(80)62-46-52-70(82-54-42-38-34-30-26-22-18-14-10-6-2)72(58-62)84-56-44-40-36-32-28-24-20-16-12-8-4/h45-52,57-60H,5-44,53-56H2,1-4H3. The summed E-state index contributed by atoms with van der Waals surface area (Å²) in [4.78, 5) is 55.8. The highest BCUT2D eigenvalue weighted by atomic mass is 16.5. The van der Waals surface area contributed by atoms with Crippen LogP contribution in [0.2, 0.25) is 0 Å². The van der Waals surface area contributed by atoms with E-state index in [-0.39, 0.29) is 44.9 Å². The first kappa shape index (κ1) is 71.1. The molecule has 10 nitrogen and oxygen atoms in total. The topological polar surface area (TPSA) is 124 Å². The summed E-state index contributed by atoms with van der Waals surface area (Å²) in [6, 6.07) is 19.2. The van der Waals surface area contributed by atoms with E-state index in [0.29, 0.717) is 49.4 Å². The Kier molecular flexibility index (Phi) is 37.0. The number of fused-ring (bicyclic) bond motifs is 2. The predicted octanol–water partition coefficient (Wildman–Crippen LogP) is 22.1. The van der Waals surface area contributed by atoms with Crippen molar-refractivity contribution in [2.75, 3.05) is 26.4 Å². The average Bonchev–Trinajstić information content (AvgIpc) is 2.56. The minimum atomic E-state index is -0.629. The van der Waals surface area contributed by atoms with E-state index < -0.39 is 23.5 Å². The highest BCUT2D eigenvalue weighted by Crippen LogP contribution is 2.35. The molecular weight excluding hydrogens is 1070 g/mol. The molecule has 1 aliphatic carbocycles. The van der Waals surface area contributed by atoms with Gasteiger partial charge in [0.25, 0.3) is 0 Å². The van der Waals surface area contributed by atoms with Crippen LogP contribution in [0, 0.1) is 0 Å². The van der Waals surface area contributed by atoms with E-state index in [4.69, 9.17) is 28.4 Å². The van der Waals surface area contributed by atoms with Gasteiger partial charge >= 0.3 is 11.9 Å². The van der Waals surface area contributed by atoms with E-state index in [1.54, 1.807) is 36.4 Å². The van der Waals surface area contributed by atoms with E-state index in [0.717, 1.165) is 51.4 Å². The zero-order valence-electron chi connectivity index (χ0n) is 54.1.